The van der Waals surface area contributed by atoms with Crippen LogP contribution >= 0.6 is 24.0 Å². The van der Waals surface area contributed by atoms with Gasteiger partial charge in [-0.15, -0.1) is 24.0 Å². The van der Waals surface area contributed by atoms with Gasteiger partial charge in [-0.1, -0.05) is 12.1 Å². The number of aliphatic imine (C=N–C) groups is 1. The van der Waals surface area contributed by atoms with Gasteiger partial charge in [0.25, 0.3) is 0 Å². The van der Waals surface area contributed by atoms with Crippen molar-refractivity contribution in [3.8, 4) is 5.75 Å². The molecule has 2 aromatic rings. The van der Waals surface area contributed by atoms with Crippen LogP contribution in [0.1, 0.15) is 11.1 Å². The summed E-state index contributed by atoms with van der Waals surface area (Å²) in [7, 11) is -1.67. The Morgan fingerprint density at radius 3 is 2.13 bits per heavy atom. The summed E-state index contributed by atoms with van der Waals surface area (Å²) in [5, 5.41) is 6.02. The summed E-state index contributed by atoms with van der Waals surface area (Å²) in [5.41, 5.74) is -0.00589. The predicted octanol–water partition coefficient (Wildman–Crippen LogP) is 3.47. The van der Waals surface area contributed by atoms with E-state index in [0.29, 0.717) is 37.0 Å². The number of nitrogens with one attached hydrogen (secondary N) is 2. The second-order valence-electron chi connectivity index (χ2n) is 6.14. The van der Waals surface area contributed by atoms with Crippen LogP contribution in [0.5, 0.6) is 5.75 Å². The molecule has 0 aliphatic heterocycles. The Hall–Kier alpha value is -2.02. The first-order chi connectivity index (χ1) is 13.6. The molecule has 166 valence electrons. The normalized spacial score (nSPS) is 12.1. The van der Waals surface area contributed by atoms with Crippen molar-refractivity contribution in [2.75, 3.05) is 26.5 Å². The maximum Gasteiger partial charge on any atom is 0.416 e. The third-order valence-electron chi connectivity index (χ3n) is 3.88. The fraction of sp³-hybridized carbons (Fsp3) is 0.316. The number of hydrogen-bond acceptors (Lipinski definition) is 4. The molecule has 2 aromatic carbocycles. The third kappa shape index (κ3) is 8.38. The Labute approximate surface area is 190 Å². The second-order valence-corrected chi connectivity index (χ2v) is 8.15. The van der Waals surface area contributed by atoms with Gasteiger partial charge in [0.1, 0.15) is 12.4 Å². The number of alkyl halides is 3. The second kappa shape index (κ2) is 11.4. The van der Waals surface area contributed by atoms with Crippen molar-refractivity contribution in [2.24, 2.45) is 4.99 Å². The molecular weight excluding hydrogens is 534 g/mol. The minimum atomic E-state index is -4.35. The lowest BCUT2D eigenvalue weighted by molar-refractivity contribution is -0.137. The SMILES string of the molecule is CN=C(NCCOc1ccc(S(C)(=O)=O)cc1)NCc1ccc(C(F)(F)F)cc1.I. The fourth-order valence-corrected chi connectivity index (χ4v) is 2.97. The van der Waals surface area contributed by atoms with Crippen LogP contribution in [0, 0.1) is 0 Å². The quantitative estimate of drug-likeness (QED) is 0.236. The smallest absolute Gasteiger partial charge is 0.416 e. The maximum atomic E-state index is 12.6. The number of sulfone groups is 1. The van der Waals surface area contributed by atoms with E-state index >= 15 is 0 Å². The van der Waals surface area contributed by atoms with Crippen molar-refractivity contribution in [3.63, 3.8) is 0 Å². The van der Waals surface area contributed by atoms with E-state index in [2.05, 4.69) is 15.6 Å². The largest absolute Gasteiger partial charge is 0.492 e. The molecule has 0 unspecified atom stereocenters. The number of guanidine groups is 1. The van der Waals surface area contributed by atoms with Gasteiger partial charge >= 0.3 is 6.18 Å². The molecule has 0 heterocycles. The van der Waals surface area contributed by atoms with Crippen molar-refractivity contribution in [1.82, 2.24) is 10.6 Å². The minimum Gasteiger partial charge on any atom is -0.492 e. The van der Waals surface area contributed by atoms with Crippen LogP contribution in [0.2, 0.25) is 0 Å². The molecule has 0 aliphatic rings. The van der Waals surface area contributed by atoms with E-state index in [1.165, 1.54) is 24.3 Å². The highest BCUT2D eigenvalue weighted by Crippen LogP contribution is 2.29. The summed E-state index contributed by atoms with van der Waals surface area (Å²) in [6.45, 7) is 1.03. The highest BCUT2D eigenvalue weighted by molar-refractivity contribution is 14.0. The Kier molecular flexibility index (Phi) is 9.88. The average molecular weight is 557 g/mol. The third-order valence-corrected chi connectivity index (χ3v) is 5.01. The molecule has 2 rings (SSSR count). The summed E-state index contributed by atoms with van der Waals surface area (Å²) in [6.07, 6.45) is -3.22. The highest BCUT2D eigenvalue weighted by atomic mass is 127. The molecule has 11 heteroatoms. The van der Waals surface area contributed by atoms with Crippen LogP contribution in [0.15, 0.2) is 58.4 Å². The number of ether oxygens (including phenoxy) is 1. The Balaban J connectivity index is 0.00000450. The number of halogens is 4. The average Bonchev–Trinajstić information content (AvgIpc) is 2.67. The maximum absolute atomic E-state index is 12.6. The van der Waals surface area contributed by atoms with Crippen LogP contribution in [-0.2, 0) is 22.6 Å². The van der Waals surface area contributed by atoms with Gasteiger partial charge in [0.05, 0.1) is 17.0 Å². The molecule has 0 saturated carbocycles. The molecule has 0 spiro atoms. The molecule has 0 bridgehead atoms. The number of benzene rings is 2. The first kappa shape index (κ1) is 26.0. The van der Waals surface area contributed by atoms with E-state index in [-0.39, 0.29) is 28.9 Å². The van der Waals surface area contributed by atoms with Crippen molar-refractivity contribution < 1.29 is 26.3 Å². The summed E-state index contributed by atoms with van der Waals surface area (Å²) in [5.74, 6) is 1.01. The lowest BCUT2D eigenvalue weighted by Gasteiger charge is -2.13. The Bertz CT molecular complexity index is 932. The van der Waals surface area contributed by atoms with Gasteiger partial charge < -0.3 is 15.4 Å². The van der Waals surface area contributed by atoms with E-state index in [0.717, 1.165) is 18.4 Å². The first-order valence-corrected chi connectivity index (χ1v) is 10.5. The summed E-state index contributed by atoms with van der Waals surface area (Å²) >= 11 is 0. The molecule has 0 amide bonds. The topological polar surface area (TPSA) is 79.8 Å². The first-order valence-electron chi connectivity index (χ1n) is 8.63. The van der Waals surface area contributed by atoms with Gasteiger partial charge in [-0.3, -0.25) is 4.99 Å². The molecular formula is C19H23F3IN3O3S. The zero-order valence-electron chi connectivity index (χ0n) is 16.4. The zero-order valence-corrected chi connectivity index (χ0v) is 19.5. The zero-order chi connectivity index (χ0) is 21.5. The monoisotopic (exact) mass is 557 g/mol. The molecule has 0 fully saturated rings. The summed E-state index contributed by atoms with van der Waals surface area (Å²) in [4.78, 5) is 4.25. The molecule has 0 aromatic heterocycles. The molecule has 0 radical (unpaired) electrons. The van der Waals surface area contributed by atoms with Crippen LogP contribution < -0.4 is 15.4 Å². The number of hydrogen-bond donors (Lipinski definition) is 2. The van der Waals surface area contributed by atoms with Gasteiger partial charge in [-0.2, -0.15) is 13.2 Å². The highest BCUT2D eigenvalue weighted by Gasteiger charge is 2.29. The minimum absolute atomic E-state index is 0. The van der Waals surface area contributed by atoms with Gasteiger partial charge in [-0.05, 0) is 42.0 Å². The lowest BCUT2D eigenvalue weighted by Crippen LogP contribution is -2.38. The van der Waals surface area contributed by atoms with Crippen LogP contribution in [-0.4, -0.2) is 40.8 Å². The van der Waals surface area contributed by atoms with Crippen LogP contribution in [0.3, 0.4) is 0 Å². The Morgan fingerprint density at radius 2 is 1.63 bits per heavy atom. The number of rotatable bonds is 7. The fourth-order valence-electron chi connectivity index (χ4n) is 2.34. The van der Waals surface area contributed by atoms with Gasteiger partial charge in [0.2, 0.25) is 0 Å². The summed E-state index contributed by atoms with van der Waals surface area (Å²) in [6, 6.07) is 11.0. The molecule has 0 atom stereocenters. The molecule has 0 aliphatic carbocycles. The molecule has 6 nitrogen and oxygen atoms in total. The van der Waals surface area contributed by atoms with Crippen molar-refractivity contribution in [2.45, 2.75) is 17.6 Å². The molecule has 0 saturated heterocycles. The molecule has 2 N–H and O–H groups in total. The van der Waals surface area contributed by atoms with Gasteiger partial charge in [-0.25, -0.2) is 8.42 Å². The van der Waals surface area contributed by atoms with E-state index in [1.807, 2.05) is 0 Å². The predicted molar refractivity (Wildman–Crippen MR) is 120 cm³/mol. The number of nitrogens with zero attached hydrogens (tertiary/aromatic N) is 1. The standard InChI is InChI=1S/C19H22F3N3O3S.HI/c1-23-18(25-13-14-3-5-15(6-4-14)19(20,21)22)24-11-12-28-16-7-9-17(10-8-16)29(2,26)27;/h3-10H,11-13H2,1-2H3,(H2,23,24,25);1H. The van der Waals surface area contributed by atoms with Gasteiger partial charge in [0, 0.05) is 19.8 Å². The van der Waals surface area contributed by atoms with E-state index < -0.39 is 21.6 Å². The van der Waals surface area contributed by atoms with E-state index in [4.69, 9.17) is 4.74 Å². The van der Waals surface area contributed by atoms with E-state index in [9.17, 15) is 21.6 Å². The van der Waals surface area contributed by atoms with Gasteiger partial charge in [0.15, 0.2) is 15.8 Å². The summed E-state index contributed by atoms with van der Waals surface area (Å²) < 4.78 is 66.1. The van der Waals surface area contributed by atoms with Crippen molar-refractivity contribution in [3.05, 3.63) is 59.7 Å². The molecule has 30 heavy (non-hydrogen) atoms. The van der Waals surface area contributed by atoms with E-state index in [1.54, 1.807) is 19.2 Å². The van der Waals surface area contributed by atoms with Crippen LogP contribution in [0.4, 0.5) is 13.2 Å². The lowest BCUT2D eigenvalue weighted by atomic mass is 10.1. The van der Waals surface area contributed by atoms with Crippen molar-refractivity contribution in [1.29, 1.82) is 0 Å². The van der Waals surface area contributed by atoms with Crippen LogP contribution in [0.25, 0.3) is 0 Å². The Morgan fingerprint density at radius 1 is 1.03 bits per heavy atom. The van der Waals surface area contributed by atoms with Crippen molar-refractivity contribution >= 4 is 39.8 Å².